The van der Waals surface area contributed by atoms with Gasteiger partial charge in [-0.25, -0.2) is 4.98 Å². The van der Waals surface area contributed by atoms with Crippen molar-refractivity contribution in [1.29, 1.82) is 0 Å². The van der Waals surface area contributed by atoms with Crippen LogP contribution >= 0.6 is 11.6 Å². The number of hydrogen-bond acceptors (Lipinski definition) is 3. The van der Waals surface area contributed by atoms with Crippen LogP contribution in [-0.4, -0.2) is 15.5 Å². The lowest BCUT2D eigenvalue weighted by atomic mass is 9.89. The molecule has 0 bridgehead atoms. The summed E-state index contributed by atoms with van der Waals surface area (Å²) in [6, 6.07) is 7.48. The highest BCUT2D eigenvalue weighted by Gasteiger charge is 2.26. The Morgan fingerprint density at radius 2 is 2.00 bits per heavy atom. The van der Waals surface area contributed by atoms with E-state index < -0.39 is 0 Å². The van der Waals surface area contributed by atoms with E-state index in [-0.39, 0.29) is 18.0 Å². The predicted octanol–water partition coefficient (Wildman–Crippen LogP) is 4.40. The molecule has 0 amide bonds. The van der Waals surface area contributed by atoms with Crippen molar-refractivity contribution in [1.82, 2.24) is 9.55 Å². The third kappa shape index (κ3) is 4.35. The predicted molar refractivity (Wildman–Crippen MR) is 89.1 cm³/mol. The lowest BCUT2D eigenvalue weighted by Crippen LogP contribution is -2.24. The summed E-state index contributed by atoms with van der Waals surface area (Å²) < 4.78 is 7.78. The van der Waals surface area contributed by atoms with Gasteiger partial charge in [0.05, 0.1) is 18.8 Å². The van der Waals surface area contributed by atoms with Crippen molar-refractivity contribution in [3.8, 4) is 0 Å². The molecule has 0 spiro atoms. The molecule has 1 saturated carbocycles. The summed E-state index contributed by atoms with van der Waals surface area (Å²) in [6.45, 7) is 0.556. The summed E-state index contributed by atoms with van der Waals surface area (Å²) >= 11 is 5.96. The first-order valence-corrected chi connectivity index (χ1v) is 8.52. The van der Waals surface area contributed by atoms with Crippen molar-refractivity contribution in [2.24, 2.45) is 5.92 Å². The Hall–Kier alpha value is -1.81. The number of benzene rings is 1. The van der Waals surface area contributed by atoms with Crippen molar-refractivity contribution in [2.75, 3.05) is 0 Å². The quantitative estimate of drug-likeness (QED) is 0.762. The van der Waals surface area contributed by atoms with Crippen LogP contribution in [0.1, 0.15) is 43.8 Å². The summed E-state index contributed by atoms with van der Waals surface area (Å²) in [5.41, 5.74) is 0.951. The number of imidazole rings is 1. The maximum Gasteiger partial charge on any atom is 0.309 e. The molecule has 5 heteroatoms. The van der Waals surface area contributed by atoms with Crippen LogP contribution in [-0.2, 0) is 16.1 Å². The van der Waals surface area contributed by atoms with Crippen LogP contribution in [0.15, 0.2) is 43.0 Å². The van der Waals surface area contributed by atoms with Gasteiger partial charge >= 0.3 is 5.97 Å². The first-order chi connectivity index (χ1) is 11.2. The molecule has 1 unspecified atom stereocenters. The van der Waals surface area contributed by atoms with E-state index >= 15 is 0 Å². The number of ether oxygens (including phenoxy) is 1. The van der Waals surface area contributed by atoms with Gasteiger partial charge in [-0.2, -0.15) is 0 Å². The molecule has 1 aromatic carbocycles. The van der Waals surface area contributed by atoms with E-state index in [1.54, 1.807) is 12.5 Å². The molecule has 0 aliphatic heterocycles. The fourth-order valence-electron chi connectivity index (χ4n) is 3.05. The van der Waals surface area contributed by atoms with Crippen LogP contribution in [0.4, 0.5) is 0 Å². The van der Waals surface area contributed by atoms with E-state index in [0.717, 1.165) is 31.2 Å². The number of carbonyl (C=O) groups is 1. The molecule has 1 heterocycles. The molecule has 1 aliphatic carbocycles. The van der Waals surface area contributed by atoms with Gasteiger partial charge in [0, 0.05) is 17.4 Å². The first-order valence-electron chi connectivity index (χ1n) is 8.14. The molecule has 0 N–H and O–H groups in total. The fourth-order valence-corrected chi connectivity index (χ4v) is 3.18. The van der Waals surface area contributed by atoms with Crippen LogP contribution in [0.3, 0.4) is 0 Å². The third-order valence-electron chi connectivity index (χ3n) is 4.37. The van der Waals surface area contributed by atoms with Crippen LogP contribution in [0.5, 0.6) is 0 Å². The topological polar surface area (TPSA) is 44.1 Å². The molecule has 1 atom stereocenters. The second-order valence-corrected chi connectivity index (χ2v) is 6.51. The monoisotopic (exact) mass is 332 g/mol. The summed E-state index contributed by atoms with van der Waals surface area (Å²) in [5, 5.41) is 0.675. The molecule has 2 aromatic rings. The minimum atomic E-state index is -0.323. The number of rotatable bonds is 5. The molecule has 0 saturated heterocycles. The number of hydrogen-bond donors (Lipinski definition) is 0. The molecule has 4 nitrogen and oxygen atoms in total. The zero-order valence-electron chi connectivity index (χ0n) is 13.0. The van der Waals surface area contributed by atoms with E-state index in [9.17, 15) is 4.79 Å². The summed E-state index contributed by atoms with van der Waals surface area (Å²) in [4.78, 5) is 16.6. The Kier molecular flexibility index (Phi) is 5.34. The first kappa shape index (κ1) is 16.1. The summed E-state index contributed by atoms with van der Waals surface area (Å²) in [7, 11) is 0. The molecule has 1 aliphatic rings. The van der Waals surface area contributed by atoms with Crippen molar-refractivity contribution in [2.45, 2.75) is 44.8 Å². The van der Waals surface area contributed by atoms with Gasteiger partial charge in [-0.15, -0.1) is 0 Å². The van der Waals surface area contributed by atoms with E-state index in [1.165, 1.54) is 6.42 Å². The van der Waals surface area contributed by atoms with Gasteiger partial charge in [0.25, 0.3) is 0 Å². The Balaban J connectivity index is 1.74. The van der Waals surface area contributed by atoms with Gasteiger partial charge < -0.3 is 9.30 Å². The van der Waals surface area contributed by atoms with Crippen molar-refractivity contribution in [3.05, 3.63) is 53.6 Å². The lowest BCUT2D eigenvalue weighted by Gasteiger charge is -2.24. The largest absolute Gasteiger partial charge is 0.455 e. The Bertz CT molecular complexity index is 619. The van der Waals surface area contributed by atoms with Gasteiger partial charge in [-0.1, -0.05) is 43.0 Å². The molecule has 1 aromatic heterocycles. The van der Waals surface area contributed by atoms with Gasteiger partial charge in [0.2, 0.25) is 0 Å². The molecular weight excluding hydrogens is 312 g/mol. The summed E-state index contributed by atoms with van der Waals surface area (Å²) in [6.07, 6.45) is 10.3. The highest BCUT2D eigenvalue weighted by molar-refractivity contribution is 6.30. The second-order valence-electron chi connectivity index (χ2n) is 6.07. The molecule has 1 fully saturated rings. The average Bonchev–Trinajstić information content (AvgIpc) is 3.09. The van der Waals surface area contributed by atoms with Crippen LogP contribution in [0, 0.1) is 5.92 Å². The minimum absolute atomic E-state index is 0.0429. The molecule has 23 heavy (non-hydrogen) atoms. The number of nitrogens with zero attached hydrogens (tertiary/aromatic N) is 2. The average molecular weight is 333 g/mol. The van der Waals surface area contributed by atoms with Crippen LogP contribution in [0.25, 0.3) is 0 Å². The van der Waals surface area contributed by atoms with E-state index in [0.29, 0.717) is 11.6 Å². The standard InChI is InChI=1S/C18H21ClN2O2/c19-16-8-6-14(7-9-16)17(12-21-11-10-20-13-21)23-18(22)15-4-2-1-3-5-15/h6-11,13,15,17H,1-5,12H2. The lowest BCUT2D eigenvalue weighted by molar-refractivity contribution is -0.156. The van der Waals surface area contributed by atoms with Gasteiger partial charge in [0.1, 0.15) is 6.10 Å². The molecule has 3 rings (SSSR count). The Morgan fingerprint density at radius 3 is 2.65 bits per heavy atom. The zero-order valence-corrected chi connectivity index (χ0v) is 13.8. The third-order valence-corrected chi connectivity index (χ3v) is 4.63. The van der Waals surface area contributed by atoms with Crippen molar-refractivity contribution in [3.63, 3.8) is 0 Å². The van der Waals surface area contributed by atoms with Gasteiger partial charge in [-0.05, 0) is 30.5 Å². The smallest absolute Gasteiger partial charge is 0.309 e. The van der Waals surface area contributed by atoms with Crippen molar-refractivity contribution >= 4 is 17.6 Å². The van der Waals surface area contributed by atoms with Crippen molar-refractivity contribution < 1.29 is 9.53 Å². The number of aromatic nitrogens is 2. The SMILES string of the molecule is O=C(OC(Cn1ccnc1)c1ccc(Cl)cc1)C1CCCCC1. The highest BCUT2D eigenvalue weighted by Crippen LogP contribution is 2.28. The molecule has 0 radical (unpaired) electrons. The second kappa shape index (κ2) is 7.64. The van der Waals surface area contributed by atoms with E-state index in [1.807, 2.05) is 35.0 Å². The number of halogens is 1. The van der Waals surface area contributed by atoms with Gasteiger partial charge in [-0.3, -0.25) is 4.79 Å². The molecular formula is C18H21ClN2O2. The minimum Gasteiger partial charge on any atom is -0.455 e. The number of esters is 1. The Labute approximate surface area is 141 Å². The molecule has 122 valence electrons. The van der Waals surface area contributed by atoms with E-state index in [4.69, 9.17) is 16.3 Å². The van der Waals surface area contributed by atoms with Crippen LogP contribution < -0.4 is 0 Å². The fraction of sp³-hybridized carbons (Fsp3) is 0.444. The summed E-state index contributed by atoms with van der Waals surface area (Å²) in [5.74, 6) is -0.0360. The normalized spacial score (nSPS) is 16.9. The number of carbonyl (C=O) groups excluding carboxylic acids is 1. The Morgan fingerprint density at radius 1 is 1.26 bits per heavy atom. The van der Waals surface area contributed by atoms with E-state index in [2.05, 4.69) is 4.98 Å². The van der Waals surface area contributed by atoms with Gasteiger partial charge in [0.15, 0.2) is 0 Å². The maximum atomic E-state index is 12.5. The highest BCUT2D eigenvalue weighted by atomic mass is 35.5. The maximum absolute atomic E-state index is 12.5. The zero-order chi connectivity index (χ0) is 16.1. The van der Waals surface area contributed by atoms with Crippen LogP contribution in [0.2, 0.25) is 5.02 Å².